The van der Waals surface area contributed by atoms with Crippen LogP contribution in [0.15, 0.2) is 24.8 Å². The molecule has 0 amide bonds. The highest BCUT2D eigenvalue weighted by atomic mass is 16.2. The molecule has 5 heteroatoms. The molecule has 0 aromatic carbocycles. The maximum absolute atomic E-state index is 12.4. The van der Waals surface area contributed by atoms with Crippen LogP contribution >= 0.6 is 0 Å². The van der Waals surface area contributed by atoms with Gasteiger partial charge in [0.15, 0.2) is 5.78 Å². The molecule has 1 aliphatic rings. The predicted octanol–water partition coefficient (Wildman–Crippen LogP) is 1.67. The minimum atomic E-state index is -0.480. The first kappa shape index (κ1) is 11.1. The zero-order valence-electron chi connectivity index (χ0n) is 9.87. The number of carbonyl (C=O) groups is 2. The van der Waals surface area contributed by atoms with Crippen LogP contribution in [0.25, 0.3) is 5.52 Å². The van der Waals surface area contributed by atoms with Crippen LogP contribution in [0, 0.1) is 5.92 Å². The summed E-state index contributed by atoms with van der Waals surface area (Å²) < 4.78 is 1.60. The van der Waals surface area contributed by atoms with Crippen molar-refractivity contribution in [1.29, 1.82) is 0 Å². The molecular weight excluding hydrogens is 230 g/mol. The lowest BCUT2D eigenvalue weighted by Gasteiger charge is -2.18. The van der Waals surface area contributed by atoms with E-state index in [1.807, 2.05) is 0 Å². The summed E-state index contributed by atoms with van der Waals surface area (Å²) in [6, 6.07) is 0. The molecule has 0 radical (unpaired) electrons. The fourth-order valence-electron chi connectivity index (χ4n) is 2.47. The van der Waals surface area contributed by atoms with Crippen LogP contribution in [0.4, 0.5) is 0 Å². The van der Waals surface area contributed by atoms with Crippen molar-refractivity contribution in [2.75, 3.05) is 0 Å². The van der Waals surface area contributed by atoms with Crippen molar-refractivity contribution in [3.63, 3.8) is 0 Å². The SMILES string of the molecule is O=C1CCCCC1C(=O)c1cnn2ccncc12. The second-order valence-electron chi connectivity index (χ2n) is 4.59. The minimum absolute atomic E-state index is 0.0643. The third-order valence-electron chi connectivity index (χ3n) is 3.46. The highest BCUT2D eigenvalue weighted by Crippen LogP contribution is 2.25. The molecule has 1 fully saturated rings. The summed E-state index contributed by atoms with van der Waals surface area (Å²) in [5.74, 6) is -0.524. The van der Waals surface area contributed by atoms with Crippen molar-refractivity contribution in [3.05, 3.63) is 30.4 Å². The normalized spacial score (nSPS) is 20.2. The maximum Gasteiger partial charge on any atom is 0.177 e. The topological polar surface area (TPSA) is 64.3 Å². The van der Waals surface area contributed by atoms with Gasteiger partial charge in [0, 0.05) is 18.8 Å². The summed E-state index contributed by atoms with van der Waals surface area (Å²) in [6.45, 7) is 0. The van der Waals surface area contributed by atoms with E-state index in [-0.39, 0.29) is 11.6 Å². The van der Waals surface area contributed by atoms with Gasteiger partial charge in [0.25, 0.3) is 0 Å². The fraction of sp³-hybridized carbons (Fsp3) is 0.385. The average molecular weight is 243 g/mol. The average Bonchev–Trinajstić information content (AvgIpc) is 2.82. The van der Waals surface area contributed by atoms with Crippen LogP contribution in [0.1, 0.15) is 36.0 Å². The van der Waals surface area contributed by atoms with Gasteiger partial charge in [-0.2, -0.15) is 5.10 Å². The zero-order valence-corrected chi connectivity index (χ0v) is 9.87. The summed E-state index contributed by atoms with van der Waals surface area (Å²) in [7, 11) is 0. The van der Waals surface area contributed by atoms with Gasteiger partial charge in [-0.3, -0.25) is 14.6 Å². The van der Waals surface area contributed by atoms with E-state index in [1.54, 1.807) is 23.1 Å². The molecule has 1 saturated carbocycles. The number of hydrogen-bond acceptors (Lipinski definition) is 4. The van der Waals surface area contributed by atoms with Crippen molar-refractivity contribution in [2.24, 2.45) is 5.92 Å². The number of Topliss-reactive ketones (excluding diaryl/α,β-unsaturated/α-hetero) is 2. The zero-order chi connectivity index (χ0) is 12.5. The van der Waals surface area contributed by atoms with Gasteiger partial charge in [-0.1, -0.05) is 6.42 Å². The van der Waals surface area contributed by atoms with Crippen LogP contribution in [-0.2, 0) is 4.79 Å². The molecule has 3 rings (SSSR count). The lowest BCUT2D eigenvalue weighted by Crippen LogP contribution is -2.27. The van der Waals surface area contributed by atoms with Crippen molar-refractivity contribution in [1.82, 2.24) is 14.6 Å². The summed E-state index contributed by atoms with van der Waals surface area (Å²) in [4.78, 5) is 28.2. The third kappa shape index (κ3) is 1.72. The van der Waals surface area contributed by atoms with E-state index in [0.29, 0.717) is 23.9 Å². The maximum atomic E-state index is 12.4. The molecule has 0 N–H and O–H groups in total. The Hall–Kier alpha value is -2.04. The Kier molecular flexibility index (Phi) is 2.66. The Labute approximate surface area is 104 Å². The van der Waals surface area contributed by atoms with E-state index >= 15 is 0 Å². The van der Waals surface area contributed by atoms with Crippen molar-refractivity contribution >= 4 is 17.1 Å². The number of carbonyl (C=O) groups excluding carboxylic acids is 2. The quantitative estimate of drug-likeness (QED) is 0.594. The first-order valence-corrected chi connectivity index (χ1v) is 6.11. The molecule has 0 saturated heterocycles. The van der Waals surface area contributed by atoms with Crippen LogP contribution in [0.2, 0.25) is 0 Å². The fourth-order valence-corrected chi connectivity index (χ4v) is 2.47. The van der Waals surface area contributed by atoms with E-state index in [9.17, 15) is 9.59 Å². The number of rotatable bonds is 2. The molecular formula is C13H13N3O2. The van der Waals surface area contributed by atoms with E-state index in [4.69, 9.17) is 0 Å². The predicted molar refractivity (Wildman–Crippen MR) is 64.3 cm³/mol. The standard InChI is InChI=1S/C13H13N3O2/c17-12-4-2-1-3-9(12)13(18)10-7-15-16-6-5-14-8-11(10)16/h5-9H,1-4H2. The number of hydrogen-bond donors (Lipinski definition) is 0. The van der Waals surface area contributed by atoms with Gasteiger partial charge in [0.1, 0.15) is 5.78 Å². The first-order chi connectivity index (χ1) is 8.77. The van der Waals surface area contributed by atoms with E-state index in [0.717, 1.165) is 12.8 Å². The smallest absolute Gasteiger partial charge is 0.177 e. The second kappa shape index (κ2) is 4.33. The largest absolute Gasteiger partial charge is 0.299 e. The first-order valence-electron chi connectivity index (χ1n) is 6.11. The molecule has 0 spiro atoms. The van der Waals surface area contributed by atoms with Gasteiger partial charge < -0.3 is 0 Å². The second-order valence-corrected chi connectivity index (χ2v) is 4.59. The molecule has 2 aromatic heterocycles. The Morgan fingerprint density at radius 1 is 1.33 bits per heavy atom. The third-order valence-corrected chi connectivity index (χ3v) is 3.46. The van der Waals surface area contributed by atoms with E-state index in [2.05, 4.69) is 10.1 Å². The highest BCUT2D eigenvalue weighted by molar-refractivity contribution is 6.13. The van der Waals surface area contributed by atoms with Crippen LogP contribution in [0.5, 0.6) is 0 Å². The number of nitrogens with zero attached hydrogens (tertiary/aromatic N) is 3. The van der Waals surface area contributed by atoms with Gasteiger partial charge in [-0.15, -0.1) is 0 Å². The molecule has 92 valence electrons. The van der Waals surface area contributed by atoms with Crippen LogP contribution in [0.3, 0.4) is 0 Å². The van der Waals surface area contributed by atoms with Gasteiger partial charge in [-0.25, -0.2) is 4.52 Å². The minimum Gasteiger partial charge on any atom is -0.299 e. The molecule has 2 aromatic rings. The number of fused-ring (bicyclic) bond motifs is 1. The summed E-state index contributed by atoms with van der Waals surface area (Å²) >= 11 is 0. The van der Waals surface area contributed by atoms with E-state index < -0.39 is 5.92 Å². The van der Waals surface area contributed by atoms with Gasteiger partial charge >= 0.3 is 0 Å². The molecule has 1 atom stereocenters. The van der Waals surface area contributed by atoms with Gasteiger partial charge in [0.05, 0.1) is 29.4 Å². The molecule has 5 nitrogen and oxygen atoms in total. The van der Waals surface area contributed by atoms with Crippen molar-refractivity contribution in [2.45, 2.75) is 25.7 Å². The van der Waals surface area contributed by atoms with E-state index in [1.165, 1.54) is 6.20 Å². The molecule has 0 aliphatic heterocycles. The molecule has 1 unspecified atom stereocenters. The van der Waals surface area contributed by atoms with Gasteiger partial charge in [0.2, 0.25) is 0 Å². The molecule has 18 heavy (non-hydrogen) atoms. The van der Waals surface area contributed by atoms with Crippen LogP contribution in [-0.4, -0.2) is 26.2 Å². The number of ketones is 2. The summed E-state index contributed by atoms with van der Waals surface area (Å²) in [5.41, 5.74) is 1.17. The molecule has 0 bridgehead atoms. The lowest BCUT2D eigenvalue weighted by atomic mass is 9.83. The number of aromatic nitrogens is 3. The highest BCUT2D eigenvalue weighted by Gasteiger charge is 2.31. The Bertz CT molecular complexity index is 617. The van der Waals surface area contributed by atoms with Crippen LogP contribution < -0.4 is 0 Å². The Morgan fingerprint density at radius 3 is 3.06 bits per heavy atom. The monoisotopic (exact) mass is 243 g/mol. The summed E-state index contributed by atoms with van der Waals surface area (Å²) in [6.07, 6.45) is 9.46. The lowest BCUT2D eigenvalue weighted by molar-refractivity contribution is -0.122. The Morgan fingerprint density at radius 2 is 2.22 bits per heavy atom. The van der Waals surface area contributed by atoms with Crippen molar-refractivity contribution in [3.8, 4) is 0 Å². The molecule has 2 heterocycles. The molecule has 1 aliphatic carbocycles. The van der Waals surface area contributed by atoms with Gasteiger partial charge in [-0.05, 0) is 12.8 Å². The van der Waals surface area contributed by atoms with Crippen molar-refractivity contribution < 1.29 is 9.59 Å². The summed E-state index contributed by atoms with van der Waals surface area (Å²) in [5, 5.41) is 4.10. The Balaban J connectivity index is 1.99.